The van der Waals surface area contributed by atoms with E-state index in [2.05, 4.69) is 31.2 Å². The van der Waals surface area contributed by atoms with E-state index in [1.807, 2.05) is 71.2 Å². The van der Waals surface area contributed by atoms with Gasteiger partial charge in [0.1, 0.15) is 5.54 Å². The molecule has 3 heteroatoms. The van der Waals surface area contributed by atoms with Crippen molar-refractivity contribution in [2.75, 3.05) is 4.90 Å². The van der Waals surface area contributed by atoms with E-state index in [-0.39, 0.29) is 11.9 Å². The van der Waals surface area contributed by atoms with Crippen molar-refractivity contribution in [1.82, 2.24) is 4.57 Å². The number of rotatable bonds is 3. The number of hydrogen-bond donors (Lipinski definition) is 0. The first-order valence-electron chi connectivity index (χ1n) is 8.21. The van der Waals surface area contributed by atoms with E-state index < -0.39 is 5.54 Å². The van der Waals surface area contributed by atoms with Gasteiger partial charge in [-0.1, -0.05) is 48.0 Å². The summed E-state index contributed by atoms with van der Waals surface area (Å²) in [7, 11) is 0. The monoisotopic (exact) mass is 316 g/mol. The van der Waals surface area contributed by atoms with Gasteiger partial charge in [0.2, 0.25) is 0 Å². The number of β-lactam (4-membered cyclic amide) rings is 1. The molecule has 120 valence electrons. The fourth-order valence-electron chi connectivity index (χ4n) is 3.64. The molecule has 1 saturated heterocycles. The molecule has 2 unspecified atom stereocenters. The number of nitrogens with zero attached hydrogens (tertiary/aromatic N) is 2. The van der Waals surface area contributed by atoms with E-state index in [0.717, 1.165) is 11.3 Å². The summed E-state index contributed by atoms with van der Waals surface area (Å²) >= 11 is 0. The second-order valence-corrected chi connectivity index (χ2v) is 6.56. The lowest BCUT2D eigenvalue weighted by atomic mass is 9.75. The van der Waals surface area contributed by atoms with Gasteiger partial charge in [0.15, 0.2) is 0 Å². The van der Waals surface area contributed by atoms with Crippen LogP contribution in [-0.4, -0.2) is 10.5 Å². The zero-order chi connectivity index (χ0) is 16.7. The molecule has 24 heavy (non-hydrogen) atoms. The molecule has 0 radical (unpaired) electrons. The van der Waals surface area contributed by atoms with Gasteiger partial charge in [0.25, 0.3) is 5.91 Å². The van der Waals surface area contributed by atoms with Gasteiger partial charge in [0.05, 0.1) is 6.04 Å². The fraction of sp³-hybridized carbons (Fsp3) is 0.190. The second kappa shape index (κ2) is 5.38. The molecule has 4 rings (SSSR count). The number of carbonyl (C=O) groups is 1. The maximum Gasteiger partial charge on any atom is 0.256 e. The third kappa shape index (κ3) is 2.01. The first-order valence-corrected chi connectivity index (χ1v) is 8.21. The molecule has 0 saturated carbocycles. The zero-order valence-electron chi connectivity index (χ0n) is 13.9. The maximum absolute atomic E-state index is 13.2. The van der Waals surface area contributed by atoms with Crippen LogP contribution in [0.3, 0.4) is 0 Å². The van der Waals surface area contributed by atoms with Crippen LogP contribution in [0.5, 0.6) is 0 Å². The summed E-state index contributed by atoms with van der Waals surface area (Å²) in [6.07, 6.45) is 3.95. The average Bonchev–Trinajstić information content (AvgIpc) is 3.15. The molecule has 1 fully saturated rings. The van der Waals surface area contributed by atoms with E-state index in [1.54, 1.807) is 0 Å². The molecule has 0 N–H and O–H groups in total. The minimum Gasteiger partial charge on any atom is -0.337 e. The first-order chi connectivity index (χ1) is 11.6. The summed E-state index contributed by atoms with van der Waals surface area (Å²) in [4.78, 5) is 15.1. The van der Waals surface area contributed by atoms with E-state index in [0.29, 0.717) is 0 Å². The number of carbonyl (C=O) groups excluding carboxylic acids is 1. The topological polar surface area (TPSA) is 25.2 Å². The fourth-order valence-corrected chi connectivity index (χ4v) is 3.64. The number of aromatic nitrogens is 1. The van der Waals surface area contributed by atoms with Crippen molar-refractivity contribution in [2.24, 2.45) is 0 Å². The van der Waals surface area contributed by atoms with E-state index in [9.17, 15) is 4.79 Å². The van der Waals surface area contributed by atoms with Crippen LogP contribution in [0.2, 0.25) is 0 Å². The van der Waals surface area contributed by atoms with Gasteiger partial charge in [-0.15, -0.1) is 0 Å². The third-order valence-corrected chi connectivity index (χ3v) is 5.01. The molecule has 3 aromatic rings. The zero-order valence-corrected chi connectivity index (χ0v) is 13.9. The van der Waals surface area contributed by atoms with Crippen LogP contribution >= 0.6 is 0 Å². The lowest BCUT2D eigenvalue weighted by Gasteiger charge is -2.55. The summed E-state index contributed by atoms with van der Waals surface area (Å²) in [6, 6.07) is 22.3. The minimum atomic E-state index is -0.601. The Morgan fingerprint density at radius 3 is 2.12 bits per heavy atom. The number of hydrogen-bond acceptors (Lipinski definition) is 1. The molecule has 1 aliphatic rings. The van der Waals surface area contributed by atoms with Gasteiger partial charge < -0.3 is 4.57 Å². The maximum atomic E-state index is 13.2. The Hall–Kier alpha value is -2.81. The molecule has 1 aliphatic heterocycles. The van der Waals surface area contributed by atoms with Gasteiger partial charge in [-0.3, -0.25) is 9.69 Å². The van der Waals surface area contributed by atoms with Crippen LogP contribution in [0, 0.1) is 6.92 Å². The highest BCUT2D eigenvalue weighted by Gasteiger charge is 2.59. The molecule has 2 heterocycles. The number of amides is 1. The van der Waals surface area contributed by atoms with Crippen molar-refractivity contribution >= 4 is 11.6 Å². The average molecular weight is 316 g/mol. The first kappa shape index (κ1) is 14.8. The summed E-state index contributed by atoms with van der Waals surface area (Å²) in [6.45, 7) is 4.08. The second-order valence-electron chi connectivity index (χ2n) is 6.56. The van der Waals surface area contributed by atoms with Gasteiger partial charge in [-0.25, -0.2) is 0 Å². The van der Waals surface area contributed by atoms with Crippen LogP contribution in [0.4, 0.5) is 5.69 Å². The van der Waals surface area contributed by atoms with Gasteiger partial charge >= 0.3 is 0 Å². The van der Waals surface area contributed by atoms with Crippen molar-refractivity contribution < 1.29 is 4.79 Å². The summed E-state index contributed by atoms with van der Waals surface area (Å²) in [5.41, 5.74) is 2.68. The number of anilines is 1. The lowest BCUT2D eigenvalue weighted by Crippen LogP contribution is -2.67. The molecule has 0 spiro atoms. The van der Waals surface area contributed by atoms with Gasteiger partial charge in [-0.2, -0.15) is 0 Å². The normalized spacial score (nSPS) is 23.2. The number of aryl methyl sites for hydroxylation is 1. The van der Waals surface area contributed by atoms with Crippen LogP contribution in [-0.2, 0) is 10.3 Å². The Kier molecular flexibility index (Phi) is 3.31. The largest absolute Gasteiger partial charge is 0.337 e. The molecule has 2 atom stereocenters. The molecule has 3 nitrogen and oxygen atoms in total. The highest BCUT2D eigenvalue weighted by atomic mass is 16.2. The van der Waals surface area contributed by atoms with E-state index >= 15 is 0 Å². The Morgan fingerprint density at radius 2 is 1.50 bits per heavy atom. The highest BCUT2D eigenvalue weighted by Crippen LogP contribution is 2.50. The molecule has 1 amide bonds. The van der Waals surface area contributed by atoms with E-state index in [1.165, 1.54) is 5.56 Å². The van der Waals surface area contributed by atoms with Crippen LogP contribution in [0.1, 0.15) is 24.1 Å². The Balaban J connectivity index is 1.83. The predicted octanol–water partition coefficient (Wildman–Crippen LogP) is 4.30. The van der Waals surface area contributed by atoms with Gasteiger partial charge in [0, 0.05) is 18.1 Å². The van der Waals surface area contributed by atoms with Crippen molar-refractivity contribution in [3.63, 3.8) is 0 Å². The van der Waals surface area contributed by atoms with Crippen molar-refractivity contribution in [1.29, 1.82) is 0 Å². The van der Waals surface area contributed by atoms with Crippen LogP contribution in [0.15, 0.2) is 79.1 Å². The molecular weight excluding hydrogens is 296 g/mol. The standard InChI is InChI=1S/C21H20N2O/c1-16-10-12-18(13-11-16)23-19(17-8-4-3-5-9-17)21(2,20(23)24)22-14-6-7-15-22/h3-15,19H,1-2H3. The number of benzene rings is 2. The Bertz CT molecular complexity index is 853. The van der Waals surface area contributed by atoms with Crippen LogP contribution < -0.4 is 4.90 Å². The highest BCUT2D eigenvalue weighted by molar-refractivity contribution is 6.07. The molecule has 0 bridgehead atoms. The summed E-state index contributed by atoms with van der Waals surface area (Å²) < 4.78 is 2.03. The SMILES string of the molecule is Cc1ccc(N2C(=O)C(C)(n3cccc3)C2c2ccccc2)cc1. The molecule has 1 aromatic heterocycles. The van der Waals surface area contributed by atoms with Crippen molar-refractivity contribution in [2.45, 2.75) is 25.4 Å². The van der Waals surface area contributed by atoms with Gasteiger partial charge in [-0.05, 0) is 43.7 Å². The quantitative estimate of drug-likeness (QED) is 0.661. The smallest absolute Gasteiger partial charge is 0.256 e. The Morgan fingerprint density at radius 1 is 0.875 bits per heavy atom. The summed E-state index contributed by atoms with van der Waals surface area (Å²) in [5.74, 6) is 0.122. The van der Waals surface area contributed by atoms with Crippen LogP contribution in [0.25, 0.3) is 0 Å². The lowest BCUT2D eigenvalue weighted by molar-refractivity contribution is -0.137. The summed E-state index contributed by atoms with van der Waals surface area (Å²) in [5, 5.41) is 0. The molecule has 2 aromatic carbocycles. The third-order valence-electron chi connectivity index (χ3n) is 5.01. The molecular formula is C21H20N2O. The van der Waals surface area contributed by atoms with E-state index in [4.69, 9.17) is 0 Å². The minimum absolute atomic E-state index is 0.0266. The Labute approximate surface area is 142 Å². The van der Waals surface area contributed by atoms with Crippen molar-refractivity contribution in [3.8, 4) is 0 Å². The predicted molar refractivity (Wildman–Crippen MR) is 95.9 cm³/mol. The molecule has 0 aliphatic carbocycles. The van der Waals surface area contributed by atoms with Crippen molar-refractivity contribution in [3.05, 3.63) is 90.3 Å².